The molecule has 0 saturated heterocycles. The molecule has 1 rings (SSSR count). The summed E-state index contributed by atoms with van der Waals surface area (Å²) in [7, 11) is 1.36. The molecule has 5 heteroatoms. The number of aliphatic hydroxyl groups is 1. The van der Waals surface area contributed by atoms with Gasteiger partial charge in [-0.3, -0.25) is 4.79 Å². The molecular formula is C11H13BrO3S. The van der Waals surface area contributed by atoms with Gasteiger partial charge in [0.1, 0.15) is 0 Å². The van der Waals surface area contributed by atoms with Crippen LogP contribution in [0.3, 0.4) is 0 Å². The van der Waals surface area contributed by atoms with E-state index in [0.717, 1.165) is 14.9 Å². The lowest BCUT2D eigenvalue weighted by molar-refractivity contribution is -0.137. The topological polar surface area (TPSA) is 46.5 Å². The number of methoxy groups -OCH3 is 1. The Balaban J connectivity index is 2.82. The maximum absolute atomic E-state index is 11.0. The van der Waals surface area contributed by atoms with Crippen molar-refractivity contribution in [3.05, 3.63) is 28.2 Å². The predicted molar refractivity (Wildman–Crippen MR) is 67.5 cm³/mol. The van der Waals surface area contributed by atoms with Crippen LogP contribution in [0.25, 0.3) is 0 Å². The van der Waals surface area contributed by atoms with Crippen molar-refractivity contribution >= 4 is 33.7 Å². The van der Waals surface area contributed by atoms with Crippen molar-refractivity contribution in [1.29, 1.82) is 0 Å². The van der Waals surface area contributed by atoms with Crippen LogP contribution in [0.1, 0.15) is 18.6 Å². The van der Waals surface area contributed by atoms with Gasteiger partial charge in [0.25, 0.3) is 0 Å². The number of hydrogen-bond acceptors (Lipinski definition) is 4. The zero-order chi connectivity index (χ0) is 12.1. The van der Waals surface area contributed by atoms with E-state index >= 15 is 0 Å². The molecule has 0 aliphatic carbocycles. The fourth-order valence-electron chi connectivity index (χ4n) is 1.17. The molecule has 0 bridgehead atoms. The average molecular weight is 305 g/mol. The number of rotatable bonds is 4. The highest BCUT2D eigenvalue weighted by Gasteiger charge is 2.11. The molecule has 3 nitrogen and oxygen atoms in total. The summed E-state index contributed by atoms with van der Waals surface area (Å²) in [4.78, 5) is 11.9. The Morgan fingerprint density at radius 2 is 2.31 bits per heavy atom. The van der Waals surface area contributed by atoms with Gasteiger partial charge in [-0.1, -0.05) is 15.9 Å². The van der Waals surface area contributed by atoms with Crippen molar-refractivity contribution in [3.8, 4) is 0 Å². The third-order valence-electron chi connectivity index (χ3n) is 2.00. The van der Waals surface area contributed by atoms with E-state index in [4.69, 9.17) is 0 Å². The number of carbonyl (C=O) groups excluding carboxylic acids is 1. The quantitative estimate of drug-likeness (QED) is 0.686. The number of aliphatic hydroxyl groups excluding tert-OH is 1. The molecule has 0 aliphatic rings. The van der Waals surface area contributed by atoms with Crippen LogP contribution in [0.15, 0.2) is 27.6 Å². The summed E-state index contributed by atoms with van der Waals surface area (Å²) in [6.45, 7) is 1.70. The molecule has 0 amide bonds. The lowest BCUT2D eigenvalue weighted by Crippen LogP contribution is -2.04. The minimum atomic E-state index is -0.558. The average Bonchev–Trinajstić information content (AvgIpc) is 2.26. The fraction of sp³-hybridized carbons (Fsp3) is 0.364. The molecule has 0 aliphatic heterocycles. The van der Waals surface area contributed by atoms with Gasteiger partial charge < -0.3 is 9.84 Å². The first-order valence-electron chi connectivity index (χ1n) is 4.71. The molecule has 1 aromatic carbocycles. The third-order valence-corrected chi connectivity index (χ3v) is 3.55. The van der Waals surface area contributed by atoms with Crippen molar-refractivity contribution < 1.29 is 14.6 Å². The third kappa shape index (κ3) is 3.81. The molecule has 0 radical (unpaired) electrons. The Labute approximate surface area is 107 Å². The van der Waals surface area contributed by atoms with Gasteiger partial charge in [-0.15, -0.1) is 11.8 Å². The zero-order valence-electron chi connectivity index (χ0n) is 9.07. The highest BCUT2D eigenvalue weighted by atomic mass is 79.9. The Morgan fingerprint density at radius 1 is 1.62 bits per heavy atom. The van der Waals surface area contributed by atoms with Crippen LogP contribution in [0.5, 0.6) is 0 Å². The van der Waals surface area contributed by atoms with Crippen LogP contribution < -0.4 is 0 Å². The maximum atomic E-state index is 11.0. The van der Waals surface area contributed by atoms with Crippen LogP contribution in [0.2, 0.25) is 0 Å². The van der Waals surface area contributed by atoms with Crippen molar-refractivity contribution in [2.24, 2.45) is 0 Å². The van der Waals surface area contributed by atoms with Crippen molar-refractivity contribution in [1.82, 2.24) is 0 Å². The molecule has 0 saturated carbocycles. The van der Waals surface area contributed by atoms with Gasteiger partial charge in [0.15, 0.2) is 0 Å². The van der Waals surface area contributed by atoms with Crippen LogP contribution in [-0.4, -0.2) is 23.9 Å². The zero-order valence-corrected chi connectivity index (χ0v) is 11.5. The Bertz CT molecular complexity index is 379. The SMILES string of the molecule is COC(=O)CSc1ccc(Br)cc1C(C)O. The molecule has 16 heavy (non-hydrogen) atoms. The molecule has 1 aromatic rings. The molecule has 0 fully saturated rings. The number of thioether (sulfide) groups is 1. The van der Waals surface area contributed by atoms with E-state index in [1.54, 1.807) is 6.92 Å². The summed E-state index contributed by atoms with van der Waals surface area (Å²) < 4.78 is 5.47. The molecule has 0 aromatic heterocycles. The first-order valence-corrected chi connectivity index (χ1v) is 6.49. The van der Waals surface area contributed by atoms with Gasteiger partial charge in [-0.2, -0.15) is 0 Å². The smallest absolute Gasteiger partial charge is 0.315 e. The number of hydrogen-bond donors (Lipinski definition) is 1. The molecule has 1 atom stereocenters. The lowest BCUT2D eigenvalue weighted by Gasteiger charge is -2.11. The van der Waals surface area contributed by atoms with E-state index in [9.17, 15) is 9.90 Å². The first kappa shape index (κ1) is 13.5. The number of ether oxygens (including phenoxy) is 1. The molecular weight excluding hydrogens is 292 g/mol. The second kappa shape index (κ2) is 6.27. The highest BCUT2D eigenvalue weighted by Crippen LogP contribution is 2.30. The molecule has 1 N–H and O–H groups in total. The van der Waals surface area contributed by atoms with Crippen molar-refractivity contribution in [3.63, 3.8) is 0 Å². The first-order chi connectivity index (χ1) is 7.54. The second-order valence-electron chi connectivity index (χ2n) is 3.22. The molecule has 0 spiro atoms. The summed E-state index contributed by atoms with van der Waals surface area (Å²) >= 11 is 4.71. The minimum absolute atomic E-state index is 0.248. The number of benzene rings is 1. The molecule has 1 unspecified atom stereocenters. The summed E-state index contributed by atoms with van der Waals surface area (Å²) in [5, 5.41) is 9.60. The van der Waals surface area contributed by atoms with E-state index in [-0.39, 0.29) is 11.7 Å². The van der Waals surface area contributed by atoms with Gasteiger partial charge in [0, 0.05) is 9.37 Å². The summed E-state index contributed by atoms with van der Waals surface area (Å²) in [5.41, 5.74) is 0.809. The van der Waals surface area contributed by atoms with Gasteiger partial charge in [-0.25, -0.2) is 0 Å². The van der Waals surface area contributed by atoms with E-state index in [2.05, 4.69) is 20.7 Å². The van der Waals surface area contributed by atoms with Crippen LogP contribution in [0, 0.1) is 0 Å². The number of esters is 1. The monoisotopic (exact) mass is 304 g/mol. The van der Waals surface area contributed by atoms with E-state index in [1.807, 2.05) is 18.2 Å². The van der Waals surface area contributed by atoms with E-state index in [1.165, 1.54) is 18.9 Å². The van der Waals surface area contributed by atoms with Crippen LogP contribution >= 0.6 is 27.7 Å². The van der Waals surface area contributed by atoms with Crippen LogP contribution in [0.4, 0.5) is 0 Å². The predicted octanol–water partition coefficient (Wildman–Crippen LogP) is 2.77. The maximum Gasteiger partial charge on any atom is 0.315 e. The van der Waals surface area contributed by atoms with Gasteiger partial charge in [0.2, 0.25) is 0 Å². The number of halogens is 1. The molecule has 0 heterocycles. The standard InChI is InChI=1S/C11H13BrO3S/c1-7(13)9-5-8(12)3-4-10(9)16-6-11(14)15-2/h3-5,7,13H,6H2,1-2H3. The highest BCUT2D eigenvalue weighted by molar-refractivity contribution is 9.10. The Kier molecular flexibility index (Phi) is 5.31. The Morgan fingerprint density at radius 3 is 2.88 bits per heavy atom. The second-order valence-corrected chi connectivity index (χ2v) is 5.16. The van der Waals surface area contributed by atoms with Crippen LogP contribution in [-0.2, 0) is 9.53 Å². The summed E-state index contributed by atoms with van der Waals surface area (Å²) in [5.74, 6) is -0.0258. The number of carbonyl (C=O) groups is 1. The van der Waals surface area contributed by atoms with Gasteiger partial charge in [0.05, 0.1) is 19.0 Å². The van der Waals surface area contributed by atoms with Crippen molar-refractivity contribution in [2.75, 3.05) is 12.9 Å². The van der Waals surface area contributed by atoms with Gasteiger partial charge in [-0.05, 0) is 30.7 Å². The largest absolute Gasteiger partial charge is 0.468 e. The van der Waals surface area contributed by atoms with Gasteiger partial charge >= 0.3 is 5.97 Å². The summed E-state index contributed by atoms with van der Waals surface area (Å²) in [6, 6.07) is 5.61. The van der Waals surface area contributed by atoms with E-state index in [0.29, 0.717) is 0 Å². The minimum Gasteiger partial charge on any atom is -0.468 e. The Hall–Kier alpha value is -0.520. The summed E-state index contributed by atoms with van der Waals surface area (Å²) in [6.07, 6.45) is -0.558. The van der Waals surface area contributed by atoms with E-state index < -0.39 is 6.10 Å². The van der Waals surface area contributed by atoms with Crippen molar-refractivity contribution in [2.45, 2.75) is 17.9 Å². The lowest BCUT2D eigenvalue weighted by atomic mass is 10.1. The normalized spacial score (nSPS) is 12.2. The fourth-order valence-corrected chi connectivity index (χ4v) is 2.50. The molecule has 88 valence electrons.